The Hall–Kier alpha value is -0.990. The highest BCUT2D eigenvalue weighted by molar-refractivity contribution is 7.47. The number of carbonyl (C=O) groups excluding carboxylic acids is 2. The van der Waals surface area contributed by atoms with Crippen molar-refractivity contribution < 1.29 is 42.1 Å². The first-order chi connectivity index (χ1) is 44.0. The van der Waals surface area contributed by atoms with Crippen molar-refractivity contribution in [2.24, 2.45) is 0 Å². The molecule has 0 aliphatic carbocycles. The van der Waals surface area contributed by atoms with Crippen molar-refractivity contribution in [2.75, 3.05) is 47.5 Å². The number of nitrogens with zero attached hydrogens (tertiary/aromatic N) is 1. The minimum atomic E-state index is -4.39. The predicted molar refractivity (Wildman–Crippen MR) is 391 cm³/mol. The maximum absolute atomic E-state index is 12.9. The highest BCUT2D eigenvalue weighted by Gasteiger charge is 2.27. The Labute approximate surface area is 563 Å². The number of carbonyl (C=O) groups is 2. The maximum atomic E-state index is 12.9. The molecule has 0 bridgehead atoms. The summed E-state index contributed by atoms with van der Waals surface area (Å²) >= 11 is 0. The molecule has 0 amide bonds. The molecule has 1 N–H and O–H groups in total. The molecule has 10 heteroatoms. The second kappa shape index (κ2) is 72.3. The average molecular weight is 1300 g/mol. The van der Waals surface area contributed by atoms with Crippen LogP contribution in [0.25, 0.3) is 0 Å². The number of phosphoric acid groups is 1. The van der Waals surface area contributed by atoms with Gasteiger partial charge in [0.1, 0.15) is 19.8 Å². The molecule has 9 nitrogen and oxygen atoms in total. The van der Waals surface area contributed by atoms with Gasteiger partial charge >= 0.3 is 19.8 Å². The summed E-state index contributed by atoms with van der Waals surface area (Å²) in [6.45, 7) is 4.55. The number of hydrogen-bond acceptors (Lipinski definition) is 7. The molecule has 0 aromatic heterocycles. The number of likely N-dealkylation sites (N-methyl/N-ethyl adjacent to an activating group) is 1. The maximum Gasteiger partial charge on any atom is 0.472 e. The second-order valence-electron chi connectivity index (χ2n) is 29.5. The Morgan fingerprint density at radius 3 is 0.711 bits per heavy atom. The Balaban J connectivity index is 3.88. The van der Waals surface area contributed by atoms with E-state index >= 15 is 0 Å². The highest BCUT2D eigenvalue weighted by atomic mass is 31.2. The lowest BCUT2D eigenvalue weighted by molar-refractivity contribution is -0.870. The first kappa shape index (κ1) is 89.0. The normalized spacial score (nSPS) is 12.9. The van der Waals surface area contributed by atoms with Crippen molar-refractivity contribution >= 4 is 19.8 Å². The molecule has 0 aromatic carbocycles. The van der Waals surface area contributed by atoms with E-state index in [9.17, 15) is 19.0 Å². The van der Waals surface area contributed by atoms with Crippen LogP contribution in [0.2, 0.25) is 0 Å². The SMILES string of the molecule is CCCCCCCCCCCCCCCCCCCCCCCCCCCCCCCCCCCC(=O)OCC(COP(=O)(O)OCC[N+](C)(C)C)OC(=O)CCCCCCCCCCCCCCCCCCCCCCCCCCCCCCCCCCC. The van der Waals surface area contributed by atoms with E-state index in [1.165, 1.54) is 385 Å². The number of hydrogen-bond donors (Lipinski definition) is 1. The summed E-state index contributed by atoms with van der Waals surface area (Å²) in [5.41, 5.74) is 0. The van der Waals surface area contributed by atoms with Crippen LogP contribution in [-0.4, -0.2) is 74.9 Å². The number of rotatable bonds is 78. The number of unbranched alkanes of at least 4 members (excludes halogenated alkanes) is 64. The lowest BCUT2D eigenvalue weighted by atomic mass is 10.0. The molecular formula is C80H161NO8P+. The molecule has 90 heavy (non-hydrogen) atoms. The molecule has 0 aromatic rings. The van der Waals surface area contributed by atoms with E-state index < -0.39 is 26.5 Å². The molecule has 2 atom stereocenters. The van der Waals surface area contributed by atoms with Gasteiger partial charge in [-0.1, -0.05) is 425 Å². The van der Waals surface area contributed by atoms with Gasteiger partial charge in [0.2, 0.25) is 0 Å². The summed E-state index contributed by atoms with van der Waals surface area (Å²) in [4.78, 5) is 36.0. The standard InChI is InChI=1S/C80H160NO8P/c1-6-8-10-12-14-16-18-20-22-24-26-28-30-32-34-36-38-40-42-44-46-48-50-52-54-56-58-60-62-64-66-68-70-72-79(82)86-76-78(77-88-90(84,85)87-75-74-81(3,4)5)89-80(83)73-71-69-67-65-63-61-59-57-55-53-51-49-47-45-43-41-39-37-35-33-31-29-27-25-23-21-19-17-15-13-11-9-7-2/h78H,6-77H2,1-5H3/p+1. The summed E-state index contributed by atoms with van der Waals surface area (Å²) in [7, 11) is 1.51. The molecule has 0 rings (SSSR count). The fourth-order valence-electron chi connectivity index (χ4n) is 12.9. The number of ether oxygens (including phenoxy) is 2. The van der Waals surface area contributed by atoms with Crippen molar-refractivity contribution in [2.45, 2.75) is 457 Å². The lowest BCUT2D eigenvalue weighted by Crippen LogP contribution is -2.37. The van der Waals surface area contributed by atoms with Crippen LogP contribution in [0.4, 0.5) is 0 Å². The second-order valence-corrected chi connectivity index (χ2v) is 31.0. The van der Waals surface area contributed by atoms with Crippen molar-refractivity contribution in [3.05, 3.63) is 0 Å². The van der Waals surface area contributed by atoms with E-state index in [-0.39, 0.29) is 25.6 Å². The van der Waals surface area contributed by atoms with E-state index in [2.05, 4.69) is 13.8 Å². The van der Waals surface area contributed by atoms with Gasteiger partial charge in [0.15, 0.2) is 6.10 Å². The van der Waals surface area contributed by atoms with Crippen LogP contribution >= 0.6 is 7.82 Å². The van der Waals surface area contributed by atoms with Crippen LogP contribution in [0.5, 0.6) is 0 Å². The first-order valence-electron chi connectivity index (χ1n) is 40.8. The van der Waals surface area contributed by atoms with Crippen molar-refractivity contribution in [3.63, 3.8) is 0 Å². The largest absolute Gasteiger partial charge is 0.472 e. The zero-order valence-corrected chi connectivity index (χ0v) is 62.6. The molecular weight excluding hydrogens is 1130 g/mol. The predicted octanol–water partition coefficient (Wildman–Crippen LogP) is 26.8. The van der Waals surface area contributed by atoms with Gasteiger partial charge < -0.3 is 18.9 Å². The summed E-state index contributed by atoms with van der Waals surface area (Å²) in [5.74, 6) is -0.764. The van der Waals surface area contributed by atoms with Gasteiger partial charge in [0.05, 0.1) is 27.7 Å². The van der Waals surface area contributed by atoms with E-state index in [0.29, 0.717) is 17.4 Å². The van der Waals surface area contributed by atoms with Gasteiger partial charge in [-0.25, -0.2) is 4.57 Å². The van der Waals surface area contributed by atoms with Crippen molar-refractivity contribution in [3.8, 4) is 0 Å². The minimum absolute atomic E-state index is 0.0379. The molecule has 2 unspecified atom stereocenters. The Morgan fingerprint density at radius 1 is 0.300 bits per heavy atom. The van der Waals surface area contributed by atoms with Crippen molar-refractivity contribution in [1.29, 1.82) is 0 Å². The number of quaternary nitrogens is 1. The molecule has 538 valence electrons. The van der Waals surface area contributed by atoms with Crippen LogP contribution in [-0.2, 0) is 32.7 Å². The van der Waals surface area contributed by atoms with E-state index in [1.54, 1.807) is 0 Å². The molecule has 0 radical (unpaired) electrons. The van der Waals surface area contributed by atoms with Crippen LogP contribution < -0.4 is 0 Å². The summed E-state index contributed by atoms with van der Waals surface area (Å²) < 4.78 is 34.9. The first-order valence-corrected chi connectivity index (χ1v) is 42.3. The monoisotopic (exact) mass is 1300 g/mol. The van der Waals surface area contributed by atoms with Crippen LogP contribution in [0.1, 0.15) is 450 Å². The zero-order valence-electron chi connectivity index (χ0n) is 61.7. The van der Waals surface area contributed by atoms with Gasteiger partial charge in [-0.2, -0.15) is 0 Å². The minimum Gasteiger partial charge on any atom is -0.462 e. The molecule has 0 saturated carbocycles. The van der Waals surface area contributed by atoms with Gasteiger partial charge in [-0.05, 0) is 12.8 Å². The Bertz CT molecular complexity index is 1470. The smallest absolute Gasteiger partial charge is 0.462 e. The van der Waals surface area contributed by atoms with Crippen LogP contribution in [0.3, 0.4) is 0 Å². The summed E-state index contributed by atoms with van der Waals surface area (Å²) in [5, 5.41) is 0. The molecule has 0 aliphatic rings. The fourth-order valence-corrected chi connectivity index (χ4v) is 13.7. The third-order valence-electron chi connectivity index (χ3n) is 19.1. The van der Waals surface area contributed by atoms with Gasteiger partial charge in [-0.15, -0.1) is 0 Å². The Kier molecular flexibility index (Phi) is 71.5. The van der Waals surface area contributed by atoms with Crippen LogP contribution in [0, 0.1) is 0 Å². The fraction of sp³-hybridized carbons (Fsp3) is 0.975. The topological polar surface area (TPSA) is 108 Å². The van der Waals surface area contributed by atoms with E-state index in [4.69, 9.17) is 18.5 Å². The number of phosphoric ester groups is 1. The third kappa shape index (κ3) is 76.0. The van der Waals surface area contributed by atoms with E-state index in [1.807, 2.05) is 21.1 Å². The summed E-state index contributed by atoms with van der Waals surface area (Å²) in [6.07, 6.45) is 89.8. The molecule has 0 saturated heterocycles. The summed E-state index contributed by atoms with van der Waals surface area (Å²) in [6, 6.07) is 0. The van der Waals surface area contributed by atoms with E-state index in [0.717, 1.165) is 38.5 Å². The van der Waals surface area contributed by atoms with Gasteiger partial charge in [-0.3, -0.25) is 18.6 Å². The van der Waals surface area contributed by atoms with Gasteiger partial charge in [0.25, 0.3) is 0 Å². The zero-order chi connectivity index (χ0) is 65.5. The molecule has 0 spiro atoms. The molecule has 0 fully saturated rings. The molecule has 0 heterocycles. The lowest BCUT2D eigenvalue weighted by Gasteiger charge is -2.24. The van der Waals surface area contributed by atoms with Crippen LogP contribution in [0.15, 0.2) is 0 Å². The highest BCUT2D eigenvalue weighted by Crippen LogP contribution is 2.43. The quantitative estimate of drug-likeness (QED) is 0.0278. The third-order valence-corrected chi connectivity index (χ3v) is 20.1. The average Bonchev–Trinajstić information content (AvgIpc) is 3.56. The van der Waals surface area contributed by atoms with Crippen molar-refractivity contribution in [1.82, 2.24) is 0 Å². The Morgan fingerprint density at radius 2 is 0.500 bits per heavy atom. The molecule has 0 aliphatic heterocycles. The van der Waals surface area contributed by atoms with Gasteiger partial charge in [0, 0.05) is 12.8 Å². The number of esters is 2.